The highest BCUT2D eigenvalue weighted by molar-refractivity contribution is 5.86. The Morgan fingerprint density at radius 3 is 2.30 bits per heavy atom. The first-order chi connectivity index (χ1) is 9.41. The Hall–Kier alpha value is -1.84. The number of likely N-dealkylation sites (N-methyl/N-ethyl adjacent to an activating group) is 1. The third-order valence-electron chi connectivity index (χ3n) is 3.27. The van der Waals surface area contributed by atoms with Crippen molar-refractivity contribution in [3.05, 3.63) is 35.9 Å². The number of carbonyl (C=O) groups is 2. The van der Waals surface area contributed by atoms with Gasteiger partial charge in [0, 0.05) is 20.5 Å². The normalized spacial score (nSPS) is 12.1. The van der Waals surface area contributed by atoms with E-state index < -0.39 is 6.04 Å². The van der Waals surface area contributed by atoms with Crippen LogP contribution in [0.3, 0.4) is 0 Å². The maximum absolute atomic E-state index is 12.3. The minimum Gasteiger partial charge on any atom is -0.350 e. The van der Waals surface area contributed by atoms with Gasteiger partial charge in [0.25, 0.3) is 0 Å². The molecular weight excluding hydrogens is 252 g/mol. The molecule has 0 bridgehead atoms. The van der Waals surface area contributed by atoms with Gasteiger partial charge in [0.05, 0.1) is 0 Å². The number of amides is 2. The molecule has 2 amide bonds. The molecule has 1 aromatic rings. The molecule has 4 heteroatoms. The van der Waals surface area contributed by atoms with Gasteiger partial charge in [-0.3, -0.25) is 9.59 Å². The van der Waals surface area contributed by atoms with E-state index in [1.807, 2.05) is 44.2 Å². The van der Waals surface area contributed by atoms with Gasteiger partial charge in [-0.25, -0.2) is 0 Å². The Bertz CT molecular complexity index is 443. The molecule has 0 aliphatic heterocycles. The molecule has 1 N–H and O–H groups in total. The van der Waals surface area contributed by atoms with Gasteiger partial charge in [-0.05, 0) is 17.9 Å². The first-order valence-corrected chi connectivity index (χ1v) is 6.96. The van der Waals surface area contributed by atoms with Gasteiger partial charge in [-0.2, -0.15) is 0 Å². The summed E-state index contributed by atoms with van der Waals surface area (Å²) in [5.74, 6) is 0.162. The van der Waals surface area contributed by atoms with Gasteiger partial charge in [0.2, 0.25) is 11.8 Å². The van der Waals surface area contributed by atoms with E-state index in [0.717, 1.165) is 5.56 Å². The van der Waals surface area contributed by atoms with Crippen LogP contribution in [0.5, 0.6) is 0 Å². The van der Waals surface area contributed by atoms with E-state index in [2.05, 4.69) is 5.32 Å². The predicted molar refractivity (Wildman–Crippen MR) is 80.0 cm³/mol. The van der Waals surface area contributed by atoms with Crippen molar-refractivity contribution in [2.75, 3.05) is 7.05 Å². The monoisotopic (exact) mass is 276 g/mol. The molecule has 0 spiro atoms. The molecule has 1 atom stereocenters. The third-order valence-corrected chi connectivity index (χ3v) is 3.27. The summed E-state index contributed by atoms with van der Waals surface area (Å²) in [7, 11) is 1.68. The van der Waals surface area contributed by atoms with E-state index in [-0.39, 0.29) is 11.8 Å². The van der Waals surface area contributed by atoms with Gasteiger partial charge in [-0.1, -0.05) is 44.2 Å². The smallest absolute Gasteiger partial charge is 0.243 e. The first kappa shape index (κ1) is 16.2. The second-order valence-electron chi connectivity index (χ2n) is 5.48. The maximum atomic E-state index is 12.3. The number of rotatable bonds is 6. The van der Waals surface area contributed by atoms with Crippen LogP contribution in [-0.2, 0) is 16.1 Å². The van der Waals surface area contributed by atoms with Crippen molar-refractivity contribution >= 4 is 11.8 Å². The molecule has 0 aliphatic rings. The Kier molecular flexibility index (Phi) is 6.22. The zero-order valence-electron chi connectivity index (χ0n) is 12.7. The van der Waals surface area contributed by atoms with E-state index in [9.17, 15) is 9.59 Å². The lowest BCUT2D eigenvalue weighted by molar-refractivity contribution is -0.138. The van der Waals surface area contributed by atoms with Crippen LogP contribution < -0.4 is 5.32 Å². The zero-order chi connectivity index (χ0) is 15.1. The van der Waals surface area contributed by atoms with Crippen LogP contribution in [0.25, 0.3) is 0 Å². The lowest BCUT2D eigenvalue weighted by atomic mass is 10.0. The zero-order valence-corrected chi connectivity index (χ0v) is 12.7. The summed E-state index contributed by atoms with van der Waals surface area (Å²) >= 11 is 0. The molecule has 0 aromatic heterocycles. The number of hydrogen-bond donors (Lipinski definition) is 1. The lowest BCUT2D eigenvalue weighted by Gasteiger charge is -2.27. The molecule has 0 unspecified atom stereocenters. The van der Waals surface area contributed by atoms with Crippen LogP contribution in [-0.4, -0.2) is 29.8 Å². The maximum Gasteiger partial charge on any atom is 0.243 e. The summed E-state index contributed by atoms with van der Waals surface area (Å²) < 4.78 is 0. The highest BCUT2D eigenvalue weighted by atomic mass is 16.2. The van der Waals surface area contributed by atoms with Crippen molar-refractivity contribution in [1.82, 2.24) is 10.2 Å². The summed E-state index contributed by atoms with van der Waals surface area (Å²) in [5, 5.41) is 2.91. The number of benzene rings is 1. The average Bonchev–Trinajstić information content (AvgIpc) is 2.42. The van der Waals surface area contributed by atoms with E-state index in [4.69, 9.17) is 0 Å². The summed E-state index contributed by atoms with van der Waals surface area (Å²) in [6.45, 7) is 6.06. The molecule has 0 heterocycles. The Balaban J connectivity index is 2.65. The van der Waals surface area contributed by atoms with Crippen LogP contribution in [0.2, 0.25) is 0 Å². The summed E-state index contributed by atoms with van der Waals surface area (Å²) in [6, 6.07) is 9.34. The minimum atomic E-state index is -0.406. The topological polar surface area (TPSA) is 49.4 Å². The number of hydrogen-bond acceptors (Lipinski definition) is 2. The lowest BCUT2D eigenvalue weighted by Crippen LogP contribution is -2.47. The Morgan fingerprint density at radius 1 is 1.20 bits per heavy atom. The van der Waals surface area contributed by atoms with Crippen LogP contribution in [0.15, 0.2) is 30.3 Å². The fourth-order valence-electron chi connectivity index (χ4n) is 2.01. The summed E-state index contributed by atoms with van der Waals surface area (Å²) in [5.41, 5.74) is 1.05. The largest absolute Gasteiger partial charge is 0.350 e. The minimum absolute atomic E-state index is 0.0921. The first-order valence-electron chi connectivity index (χ1n) is 6.96. The van der Waals surface area contributed by atoms with Crippen molar-refractivity contribution in [3.63, 3.8) is 0 Å². The van der Waals surface area contributed by atoms with E-state index in [1.165, 1.54) is 11.8 Å². The molecule has 4 nitrogen and oxygen atoms in total. The summed E-state index contributed by atoms with van der Waals surface area (Å²) in [6.07, 6.45) is 0.663. The van der Waals surface area contributed by atoms with Crippen LogP contribution >= 0.6 is 0 Å². The molecule has 0 saturated carbocycles. The highest BCUT2D eigenvalue weighted by Gasteiger charge is 2.25. The van der Waals surface area contributed by atoms with E-state index >= 15 is 0 Å². The second kappa shape index (κ2) is 7.68. The Morgan fingerprint density at radius 2 is 1.80 bits per heavy atom. The molecule has 0 saturated heterocycles. The van der Waals surface area contributed by atoms with Gasteiger partial charge < -0.3 is 10.2 Å². The van der Waals surface area contributed by atoms with Gasteiger partial charge in [0.1, 0.15) is 6.04 Å². The number of nitrogens with one attached hydrogen (secondary N) is 1. The predicted octanol–water partition coefficient (Wildman–Crippen LogP) is 2.20. The molecule has 1 rings (SSSR count). The third kappa shape index (κ3) is 5.03. The molecule has 110 valence electrons. The van der Waals surface area contributed by atoms with Crippen molar-refractivity contribution in [2.45, 2.75) is 39.8 Å². The van der Waals surface area contributed by atoms with Crippen LogP contribution in [0.1, 0.15) is 32.8 Å². The molecular formula is C16H24N2O2. The van der Waals surface area contributed by atoms with Crippen LogP contribution in [0, 0.1) is 5.92 Å². The van der Waals surface area contributed by atoms with Crippen molar-refractivity contribution in [1.29, 1.82) is 0 Å². The quantitative estimate of drug-likeness (QED) is 0.866. The van der Waals surface area contributed by atoms with Crippen LogP contribution in [0.4, 0.5) is 0 Å². The van der Waals surface area contributed by atoms with Crippen molar-refractivity contribution < 1.29 is 9.59 Å². The number of carbonyl (C=O) groups excluding carboxylic acids is 2. The molecule has 0 aliphatic carbocycles. The van der Waals surface area contributed by atoms with Crippen molar-refractivity contribution in [3.8, 4) is 0 Å². The summed E-state index contributed by atoms with van der Waals surface area (Å²) in [4.78, 5) is 25.3. The average molecular weight is 276 g/mol. The molecule has 0 radical (unpaired) electrons. The van der Waals surface area contributed by atoms with Gasteiger partial charge >= 0.3 is 0 Å². The van der Waals surface area contributed by atoms with E-state index in [1.54, 1.807) is 7.05 Å². The van der Waals surface area contributed by atoms with Crippen molar-refractivity contribution in [2.24, 2.45) is 5.92 Å². The van der Waals surface area contributed by atoms with Gasteiger partial charge in [0.15, 0.2) is 0 Å². The second-order valence-corrected chi connectivity index (χ2v) is 5.48. The Labute approximate surface area is 121 Å². The standard InChI is InChI=1S/C16H24N2O2/c1-12(2)10-15(18(4)13(3)19)16(20)17-11-14-8-6-5-7-9-14/h5-9,12,15H,10-11H2,1-4H3,(H,17,20)/t15-/m1/s1. The number of nitrogens with zero attached hydrogens (tertiary/aromatic N) is 1. The molecule has 1 aromatic carbocycles. The van der Waals surface area contributed by atoms with Gasteiger partial charge in [-0.15, -0.1) is 0 Å². The van der Waals surface area contributed by atoms with E-state index in [0.29, 0.717) is 18.9 Å². The fraction of sp³-hybridized carbons (Fsp3) is 0.500. The molecule has 20 heavy (non-hydrogen) atoms. The SMILES string of the molecule is CC(=O)N(C)[C@H](CC(C)C)C(=O)NCc1ccccc1. The fourth-order valence-corrected chi connectivity index (χ4v) is 2.01. The highest BCUT2D eigenvalue weighted by Crippen LogP contribution is 2.11. The molecule has 0 fully saturated rings.